The molecule has 0 aliphatic carbocycles. The van der Waals surface area contributed by atoms with E-state index < -0.39 is 0 Å². The van der Waals surface area contributed by atoms with Crippen molar-refractivity contribution >= 4 is 5.78 Å². The Labute approximate surface area is 107 Å². The highest BCUT2D eigenvalue weighted by Gasteiger charge is 2.14. The third-order valence-electron chi connectivity index (χ3n) is 3.31. The number of nitrogens with zero attached hydrogens (tertiary/aromatic N) is 1. The fourth-order valence-electron chi connectivity index (χ4n) is 2.22. The fraction of sp³-hybridized carbons (Fsp3) is 0.500. The summed E-state index contributed by atoms with van der Waals surface area (Å²) in [7, 11) is 0. The van der Waals surface area contributed by atoms with Gasteiger partial charge in [0.05, 0.1) is 6.54 Å². The van der Waals surface area contributed by atoms with Gasteiger partial charge in [-0.15, -0.1) is 0 Å². The molecule has 0 aromatic heterocycles. The van der Waals surface area contributed by atoms with Gasteiger partial charge in [-0.25, -0.2) is 4.39 Å². The molecule has 0 amide bonds. The molecule has 1 aliphatic rings. The van der Waals surface area contributed by atoms with Crippen LogP contribution in [0.15, 0.2) is 18.2 Å². The summed E-state index contributed by atoms with van der Waals surface area (Å²) in [6.45, 7) is 6.07. The third-order valence-corrected chi connectivity index (χ3v) is 3.31. The summed E-state index contributed by atoms with van der Waals surface area (Å²) in [5.74, 6) is -0.115. The number of nitrogens with one attached hydrogen (secondary N) is 1. The van der Waals surface area contributed by atoms with E-state index in [2.05, 4.69) is 10.2 Å². The number of piperazine rings is 1. The van der Waals surface area contributed by atoms with E-state index in [4.69, 9.17) is 0 Å². The normalized spacial score (nSPS) is 16.8. The SMILES string of the molecule is Cc1ccc(F)cc1CC(=O)CN1CCNCC1. The first-order valence-electron chi connectivity index (χ1n) is 6.35. The van der Waals surface area contributed by atoms with Crippen molar-refractivity contribution in [3.05, 3.63) is 35.1 Å². The molecule has 4 heteroatoms. The summed E-state index contributed by atoms with van der Waals surface area (Å²) in [6.07, 6.45) is 0.327. The number of carbonyl (C=O) groups is 1. The maximum atomic E-state index is 13.1. The number of hydrogen-bond acceptors (Lipinski definition) is 3. The van der Waals surface area contributed by atoms with E-state index in [1.807, 2.05) is 6.92 Å². The van der Waals surface area contributed by atoms with Crippen LogP contribution in [-0.2, 0) is 11.2 Å². The lowest BCUT2D eigenvalue weighted by atomic mass is 10.0. The summed E-state index contributed by atoms with van der Waals surface area (Å²) in [5, 5.41) is 3.25. The molecular formula is C14H19FN2O. The second-order valence-electron chi connectivity index (χ2n) is 4.81. The van der Waals surface area contributed by atoms with Crippen molar-refractivity contribution in [2.45, 2.75) is 13.3 Å². The maximum Gasteiger partial charge on any atom is 0.151 e. The Balaban J connectivity index is 1.92. The summed E-state index contributed by atoms with van der Waals surface area (Å²) in [5.41, 5.74) is 1.78. The van der Waals surface area contributed by atoms with Gasteiger partial charge in [0.15, 0.2) is 5.78 Å². The quantitative estimate of drug-likeness (QED) is 0.870. The van der Waals surface area contributed by atoms with Crippen LogP contribution >= 0.6 is 0 Å². The van der Waals surface area contributed by atoms with Gasteiger partial charge in [-0.3, -0.25) is 9.69 Å². The van der Waals surface area contributed by atoms with E-state index in [1.54, 1.807) is 6.07 Å². The summed E-state index contributed by atoms with van der Waals surface area (Å²) < 4.78 is 13.1. The second-order valence-corrected chi connectivity index (χ2v) is 4.81. The summed E-state index contributed by atoms with van der Waals surface area (Å²) >= 11 is 0. The predicted octanol–water partition coefficient (Wildman–Crippen LogP) is 1.15. The van der Waals surface area contributed by atoms with Crippen molar-refractivity contribution in [3.8, 4) is 0 Å². The number of aryl methyl sites for hydroxylation is 1. The minimum atomic E-state index is -0.273. The zero-order valence-corrected chi connectivity index (χ0v) is 10.7. The predicted molar refractivity (Wildman–Crippen MR) is 69.2 cm³/mol. The lowest BCUT2D eigenvalue weighted by Crippen LogP contribution is -2.45. The molecule has 0 radical (unpaired) electrons. The average Bonchev–Trinajstić information content (AvgIpc) is 2.35. The molecule has 1 aromatic rings. The van der Waals surface area contributed by atoms with Crippen molar-refractivity contribution in [1.29, 1.82) is 0 Å². The molecule has 98 valence electrons. The van der Waals surface area contributed by atoms with Crippen molar-refractivity contribution in [3.63, 3.8) is 0 Å². The summed E-state index contributed by atoms with van der Waals surface area (Å²) in [4.78, 5) is 14.1. The first-order valence-corrected chi connectivity index (χ1v) is 6.35. The van der Waals surface area contributed by atoms with Crippen LogP contribution < -0.4 is 5.32 Å². The van der Waals surface area contributed by atoms with Gasteiger partial charge >= 0.3 is 0 Å². The third kappa shape index (κ3) is 3.62. The van der Waals surface area contributed by atoms with Crippen LogP contribution in [0.3, 0.4) is 0 Å². The Morgan fingerprint density at radius 1 is 1.39 bits per heavy atom. The molecule has 1 fully saturated rings. The topological polar surface area (TPSA) is 32.3 Å². The zero-order valence-electron chi connectivity index (χ0n) is 10.7. The minimum absolute atomic E-state index is 0.158. The lowest BCUT2D eigenvalue weighted by Gasteiger charge is -2.26. The van der Waals surface area contributed by atoms with E-state index in [-0.39, 0.29) is 11.6 Å². The molecule has 0 atom stereocenters. The minimum Gasteiger partial charge on any atom is -0.314 e. The first-order chi connectivity index (χ1) is 8.65. The van der Waals surface area contributed by atoms with Crippen LogP contribution in [-0.4, -0.2) is 43.4 Å². The Hall–Kier alpha value is -1.26. The van der Waals surface area contributed by atoms with Crippen molar-refractivity contribution in [1.82, 2.24) is 10.2 Å². The van der Waals surface area contributed by atoms with E-state index in [0.717, 1.165) is 37.3 Å². The molecule has 1 aromatic carbocycles. The standard InChI is InChI=1S/C14H19FN2O/c1-11-2-3-13(15)8-12(11)9-14(18)10-17-6-4-16-5-7-17/h2-3,8,16H,4-7,9-10H2,1H3. The van der Waals surface area contributed by atoms with Gasteiger partial charge in [0.25, 0.3) is 0 Å². The zero-order chi connectivity index (χ0) is 13.0. The van der Waals surface area contributed by atoms with Crippen LogP contribution in [0, 0.1) is 12.7 Å². The molecule has 2 rings (SSSR count). The van der Waals surface area contributed by atoms with Crippen molar-refractivity contribution < 1.29 is 9.18 Å². The smallest absolute Gasteiger partial charge is 0.151 e. The number of Topliss-reactive ketones (excluding diaryl/α,β-unsaturated/α-hetero) is 1. The Morgan fingerprint density at radius 3 is 2.83 bits per heavy atom. The van der Waals surface area contributed by atoms with E-state index in [1.165, 1.54) is 12.1 Å². The molecule has 1 N–H and O–H groups in total. The van der Waals surface area contributed by atoms with Gasteiger partial charge in [0.1, 0.15) is 5.82 Å². The van der Waals surface area contributed by atoms with Crippen molar-refractivity contribution in [2.24, 2.45) is 0 Å². The second kappa shape index (κ2) is 6.07. The van der Waals surface area contributed by atoms with Gasteiger partial charge in [0, 0.05) is 32.6 Å². The van der Waals surface area contributed by atoms with Gasteiger partial charge < -0.3 is 5.32 Å². The number of carbonyl (C=O) groups excluding carboxylic acids is 1. The van der Waals surface area contributed by atoms with Crippen LogP contribution in [0.25, 0.3) is 0 Å². The molecule has 1 aliphatic heterocycles. The van der Waals surface area contributed by atoms with Gasteiger partial charge in [-0.05, 0) is 30.2 Å². The van der Waals surface area contributed by atoms with Crippen LogP contribution in [0.2, 0.25) is 0 Å². The van der Waals surface area contributed by atoms with Crippen molar-refractivity contribution in [2.75, 3.05) is 32.7 Å². The maximum absolute atomic E-state index is 13.1. The highest BCUT2D eigenvalue weighted by molar-refractivity contribution is 5.83. The molecule has 0 unspecified atom stereocenters. The first kappa shape index (κ1) is 13.2. The molecule has 1 saturated heterocycles. The highest BCUT2D eigenvalue weighted by Crippen LogP contribution is 2.11. The van der Waals surface area contributed by atoms with E-state index in [0.29, 0.717) is 13.0 Å². The molecule has 1 heterocycles. The Kier molecular flexibility index (Phi) is 4.44. The van der Waals surface area contributed by atoms with Gasteiger partial charge in [-0.1, -0.05) is 6.07 Å². The Bertz CT molecular complexity index is 428. The average molecular weight is 250 g/mol. The number of hydrogen-bond donors (Lipinski definition) is 1. The number of ketones is 1. The Morgan fingerprint density at radius 2 is 2.11 bits per heavy atom. The monoisotopic (exact) mass is 250 g/mol. The molecular weight excluding hydrogens is 231 g/mol. The summed E-state index contributed by atoms with van der Waals surface area (Å²) in [6, 6.07) is 4.62. The molecule has 18 heavy (non-hydrogen) atoms. The van der Waals surface area contributed by atoms with Gasteiger partial charge in [0.2, 0.25) is 0 Å². The fourth-order valence-corrected chi connectivity index (χ4v) is 2.22. The number of halogens is 1. The van der Waals surface area contributed by atoms with Crippen LogP contribution in [0.1, 0.15) is 11.1 Å². The molecule has 0 bridgehead atoms. The molecule has 0 saturated carbocycles. The lowest BCUT2D eigenvalue weighted by molar-refractivity contribution is -0.119. The molecule has 3 nitrogen and oxygen atoms in total. The number of rotatable bonds is 4. The van der Waals surface area contributed by atoms with E-state index in [9.17, 15) is 9.18 Å². The van der Waals surface area contributed by atoms with E-state index >= 15 is 0 Å². The largest absolute Gasteiger partial charge is 0.314 e. The van der Waals surface area contributed by atoms with Crippen LogP contribution in [0.4, 0.5) is 4.39 Å². The van der Waals surface area contributed by atoms with Crippen LogP contribution in [0.5, 0.6) is 0 Å². The highest BCUT2D eigenvalue weighted by atomic mass is 19.1. The molecule has 0 spiro atoms. The number of benzene rings is 1. The van der Waals surface area contributed by atoms with Gasteiger partial charge in [-0.2, -0.15) is 0 Å².